The lowest BCUT2D eigenvalue weighted by Gasteiger charge is -2.37. The van der Waals surface area contributed by atoms with Crippen molar-refractivity contribution in [2.45, 2.75) is 69.2 Å². The van der Waals surface area contributed by atoms with E-state index >= 15 is 4.79 Å². The lowest BCUT2D eigenvalue weighted by Crippen LogP contribution is -2.48. The van der Waals surface area contributed by atoms with Gasteiger partial charge in [-0.15, -0.1) is 0 Å². The number of amides is 2. The SMILES string of the molecule is COc1cccn(-c2ccc(CN3C(=O)[C@@]4(O[C@@H](CC(=O)N5Cc6ccccc6C[C@H]5CO)[C@H]([Si](C)(C)O)[C@H]4C)c4cc(-n5cccc(OC)c5=O)ccc43)cc2)c1=O. The van der Waals surface area contributed by atoms with Crippen LogP contribution in [0, 0.1) is 5.92 Å². The van der Waals surface area contributed by atoms with Crippen molar-refractivity contribution in [3.05, 3.63) is 146 Å². The fraction of sp³-hybridized carbons (Fsp3) is 0.333. The molecule has 3 aromatic carbocycles. The molecule has 1 spiro atoms. The highest BCUT2D eigenvalue weighted by Gasteiger charge is 2.66. The van der Waals surface area contributed by atoms with Crippen LogP contribution in [0.3, 0.4) is 0 Å². The first kappa shape index (κ1) is 40.0. The summed E-state index contributed by atoms with van der Waals surface area (Å²) >= 11 is 0. The van der Waals surface area contributed by atoms with Crippen molar-refractivity contribution in [3.63, 3.8) is 0 Å². The predicted octanol–water partition coefficient (Wildman–Crippen LogP) is 4.69. The number of pyridine rings is 2. The van der Waals surface area contributed by atoms with Gasteiger partial charge in [0.25, 0.3) is 17.0 Å². The molecule has 3 aliphatic heterocycles. The molecule has 0 unspecified atom stereocenters. The van der Waals surface area contributed by atoms with Crippen molar-refractivity contribution in [1.29, 1.82) is 0 Å². The molecule has 1 saturated heterocycles. The van der Waals surface area contributed by atoms with Crippen LogP contribution in [-0.2, 0) is 39.4 Å². The largest absolute Gasteiger partial charge is 0.491 e. The van der Waals surface area contributed by atoms with Gasteiger partial charge in [-0.2, -0.15) is 0 Å². The Morgan fingerprint density at radius 2 is 1.46 bits per heavy atom. The number of benzene rings is 3. The Morgan fingerprint density at radius 3 is 2.07 bits per heavy atom. The maximum Gasteiger partial charge on any atom is 0.297 e. The van der Waals surface area contributed by atoms with Crippen LogP contribution in [0.25, 0.3) is 11.4 Å². The summed E-state index contributed by atoms with van der Waals surface area (Å²) in [5.74, 6) is -0.798. The fourth-order valence-corrected chi connectivity index (χ4v) is 12.1. The van der Waals surface area contributed by atoms with E-state index in [-0.39, 0.29) is 54.0 Å². The number of aromatic nitrogens is 2. The molecule has 3 aliphatic rings. The number of hydrogen-bond acceptors (Lipinski definition) is 9. The van der Waals surface area contributed by atoms with Crippen molar-refractivity contribution in [2.24, 2.45) is 5.92 Å². The first-order valence-corrected chi connectivity index (χ1v) is 22.8. The van der Waals surface area contributed by atoms with Gasteiger partial charge in [0.1, 0.15) is 0 Å². The van der Waals surface area contributed by atoms with Crippen LogP contribution in [0.15, 0.2) is 113 Å². The molecular formula is C45H48N4O9Si. The second-order valence-electron chi connectivity index (χ2n) is 16.2. The smallest absolute Gasteiger partial charge is 0.297 e. The molecule has 5 heterocycles. The van der Waals surface area contributed by atoms with E-state index in [0.29, 0.717) is 35.6 Å². The minimum absolute atomic E-state index is 0.102. The molecular weight excluding hydrogens is 769 g/mol. The summed E-state index contributed by atoms with van der Waals surface area (Å²) in [5.41, 5.74) is 2.24. The number of nitrogens with zero attached hydrogens (tertiary/aromatic N) is 4. The van der Waals surface area contributed by atoms with Gasteiger partial charge in [0, 0.05) is 47.3 Å². The van der Waals surface area contributed by atoms with Crippen LogP contribution in [0.4, 0.5) is 5.69 Å². The summed E-state index contributed by atoms with van der Waals surface area (Å²) in [4.78, 5) is 71.4. The highest BCUT2D eigenvalue weighted by Crippen LogP contribution is 2.60. The second-order valence-corrected chi connectivity index (χ2v) is 20.1. The number of aliphatic hydroxyl groups is 1. The summed E-state index contributed by atoms with van der Waals surface area (Å²) in [7, 11) is -0.289. The van der Waals surface area contributed by atoms with Gasteiger partial charge in [-0.3, -0.25) is 28.3 Å². The number of rotatable bonds is 10. The maximum atomic E-state index is 15.3. The Hall–Kier alpha value is -5.80. The number of fused-ring (bicyclic) bond motifs is 3. The summed E-state index contributed by atoms with van der Waals surface area (Å²) in [6.07, 6.45) is 2.87. The highest BCUT2D eigenvalue weighted by molar-refractivity contribution is 6.71. The zero-order valence-corrected chi connectivity index (χ0v) is 34.7. The Labute approximate surface area is 342 Å². The van der Waals surface area contributed by atoms with E-state index in [4.69, 9.17) is 14.2 Å². The van der Waals surface area contributed by atoms with Gasteiger partial charge in [0.2, 0.25) is 5.91 Å². The average molecular weight is 817 g/mol. The topological polar surface area (TPSA) is 153 Å². The molecule has 1 fully saturated rings. The summed E-state index contributed by atoms with van der Waals surface area (Å²) in [6, 6.07) is 26.7. The van der Waals surface area contributed by atoms with Crippen LogP contribution in [0.1, 0.15) is 35.6 Å². The number of ether oxygens (including phenoxy) is 3. The number of anilines is 1. The number of methoxy groups -OCH3 is 2. The lowest BCUT2D eigenvalue weighted by atomic mass is 9.82. The zero-order valence-electron chi connectivity index (χ0n) is 33.7. The van der Waals surface area contributed by atoms with Crippen LogP contribution in [0.5, 0.6) is 11.5 Å². The monoisotopic (exact) mass is 816 g/mol. The maximum absolute atomic E-state index is 15.3. The van der Waals surface area contributed by atoms with Gasteiger partial charge >= 0.3 is 0 Å². The van der Waals surface area contributed by atoms with Gasteiger partial charge in [0.15, 0.2) is 25.4 Å². The molecule has 0 radical (unpaired) electrons. The minimum atomic E-state index is -3.16. The molecule has 2 amide bonds. The Kier molecular flexibility index (Phi) is 10.5. The highest BCUT2D eigenvalue weighted by atomic mass is 28.4. The van der Waals surface area contributed by atoms with Gasteiger partial charge < -0.3 is 33.9 Å². The molecule has 5 aromatic rings. The van der Waals surface area contributed by atoms with Gasteiger partial charge in [-0.1, -0.05) is 43.3 Å². The van der Waals surface area contributed by atoms with Crippen molar-refractivity contribution >= 4 is 25.8 Å². The molecule has 2 aromatic heterocycles. The molecule has 59 heavy (non-hydrogen) atoms. The van der Waals surface area contributed by atoms with Gasteiger partial charge in [-0.25, -0.2) is 0 Å². The third-order valence-electron chi connectivity index (χ3n) is 12.3. The van der Waals surface area contributed by atoms with Crippen LogP contribution < -0.4 is 25.5 Å². The van der Waals surface area contributed by atoms with Crippen molar-refractivity contribution < 1.29 is 33.7 Å². The van der Waals surface area contributed by atoms with Crippen molar-refractivity contribution in [1.82, 2.24) is 14.0 Å². The first-order chi connectivity index (χ1) is 28.3. The molecule has 0 saturated carbocycles. The molecule has 8 rings (SSSR count). The first-order valence-electron chi connectivity index (χ1n) is 19.8. The molecule has 13 nitrogen and oxygen atoms in total. The molecule has 14 heteroatoms. The Morgan fingerprint density at radius 1 is 0.847 bits per heavy atom. The Balaban J connectivity index is 1.19. The quantitative estimate of drug-likeness (QED) is 0.192. The second kappa shape index (κ2) is 15.4. The van der Waals surface area contributed by atoms with Gasteiger partial charge in [-0.05, 0) is 90.8 Å². The molecule has 5 atom stereocenters. The molecule has 306 valence electrons. The lowest BCUT2D eigenvalue weighted by molar-refractivity contribution is -0.151. The van der Waals surface area contributed by atoms with E-state index in [0.717, 1.165) is 16.7 Å². The molecule has 0 bridgehead atoms. The molecule has 2 N–H and O–H groups in total. The van der Waals surface area contributed by atoms with E-state index in [1.54, 1.807) is 89.9 Å². The summed E-state index contributed by atoms with van der Waals surface area (Å²) in [5, 5.41) is 10.4. The third kappa shape index (κ3) is 6.79. The number of hydrogen-bond donors (Lipinski definition) is 2. The number of aliphatic hydroxyl groups excluding tert-OH is 1. The summed E-state index contributed by atoms with van der Waals surface area (Å²) in [6.45, 7) is 5.79. The van der Waals surface area contributed by atoms with E-state index < -0.39 is 37.5 Å². The number of carbonyl (C=O) groups is 2. The number of carbonyl (C=O) groups excluding carboxylic acids is 2. The van der Waals surface area contributed by atoms with Crippen LogP contribution in [0.2, 0.25) is 18.6 Å². The predicted molar refractivity (Wildman–Crippen MR) is 224 cm³/mol. The molecule has 0 aliphatic carbocycles. The van der Waals surface area contributed by atoms with E-state index in [2.05, 4.69) is 0 Å². The van der Waals surface area contributed by atoms with E-state index in [9.17, 15) is 24.3 Å². The van der Waals surface area contributed by atoms with Crippen LogP contribution >= 0.6 is 0 Å². The average Bonchev–Trinajstić information content (AvgIpc) is 3.66. The minimum Gasteiger partial charge on any atom is -0.491 e. The Bertz CT molecular complexity index is 2550. The van der Waals surface area contributed by atoms with Gasteiger partial charge in [0.05, 0.1) is 51.6 Å². The van der Waals surface area contributed by atoms with E-state index in [1.807, 2.05) is 43.3 Å². The van der Waals surface area contributed by atoms with Crippen molar-refractivity contribution in [2.75, 3.05) is 25.7 Å². The fourth-order valence-electron chi connectivity index (χ4n) is 9.51. The zero-order chi connectivity index (χ0) is 41.8. The normalized spacial score (nSPS) is 22.4. The van der Waals surface area contributed by atoms with E-state index in [1.165, 1.54) is 23.4 Å². The van der Waals surface area contributed by atoms with Crippen molar-refractivity contribution in [3.8, 4) is 22.9 Å². The van der Waals surface area contributed by atoms with Crippen LogP contribution in [-0.4, -0.2) is 77.0 Å². The third-order valence-corrected chi connectivity index (χ3v) is 14.8. The standard InChI is InChI=1S/C45H48N4O9Si/c1-28-41(59(4,5)55)39(24-40(51)48-26-31-11-7-6-10-30(31)22-34(48)27-50)58-45(28)35-23-33(47-21-9-13-38(57-3)43(47)53)18-19-36(35)49(44(45)54)25-29-14-16-32(17-15-29)46-20-8-12-37(56-2)42(46)52/h6-21,23,28,34,39,41,50,55H,22,24-27H2,1-5H3/t28-,34+,39+,41-,45+/m1/s1. The summed E-state index contributed by atoms with van der Waals surface area (Å²) < 4.78 is 20.5.